The monoisotopic (exact) mass is 430 g/mol. The number of quaternary nitrogens is 1. The third-order valence-electron chi connectivity index (χ3n) is 5.92. The van der Waals surface area contributed by atoms with Gasteiger partial charge in [0.05, 0.1) is 38.5 Å². The molecule has 1 fully saturated rings. The van der Waals surface area contributed by atoms with Gasteiger partial charge in [0.2, 0.25) is 0 Å². The highest BCUT2D eigenvalue weighted by Gasteiger charge is 2.24. The Labute approximate surface area is 190 Å². The number of carbonyl (C=O) groups is 1. The van der Waals surface area contributed by atoms with Crippen molar-refractivity contribution >= 4 is 17.3 Å². The molecular formula is C27H32N3O2+. The second kappa shape index (κ2) is 10.8. The van der Waals surface area contributed by atoms with Crippen molar-refractivity contribution in [1.82, 2.24) is 0 Å². The molecule has 5 nitrogen and oxygen atoms in total. The fourth-order valence-corrected chi connectivity index (χ4v) is 4.27. The maximum atomic E-state index is 12.8. The van der Waals surface area contributed by atoms with Crippen molar-refractivity contribution in [3.8, 4) is 5.75 Å². The molecule has 1 aliphatic heterocycles. The zero-order valence-electron chi connectivity index (χ0n) is 18.7. The molecule has 1 aliphatic rings. The molecule has 1 heterocycles. The van der Waals surface area contributed by atoms with Gasteiger partial charge in [-0.1, -0.05) is 60.7 Å². The quantitative estimate of drug-likeness (QED) is 0.578. The van der Waals surface area contributed by atoms with Gasteiger partial charge in [-0.2, -0.15) is 0 Å². The van der Waals surface area contributed by atoms with Crippen LogP contribution in [0, 0.1) is 0 Å². The van der Waals surface area contributed by atoms with Crippen LogP contribution in [0.1, 0.15) is 18.1 Å². The Balaban J connectivity index is 1.32. The average Bonchev–Trinajstić information content (AvgIpc) is 2.82. The molecule has 0 bridgehead atoms. The first-order valence-electron chi connectivity index (χ1n) is 11.4. The molecule has 1 saturated heterocycles. The van der Waals surface area contributed by atoms with E-state index in [1.54, 1.807) is 0 Å². The van der Waals surface area contributed by atoms with E-state index in [9.17, 15) is 4.79 Å². The largest absolute Gasteiger partial charge is 0.492 e. The molecule has 0 unspecified atom stereocenters. The van der Waals surface area contributed by atoms with Crippen molar-refractivity contribution in [2.45, 2.75) is 13.3 Å². The van der Waals surface area contributed by atoms with Crippen LogP contribution in [-0.2, 0) is 11.2 Å². The molecule has 5 heteroatoms. The first kappa shape index (κ1) is 21.9. The van der Waals surface area contributed by atoms with Crippen LogP contribution < -0.4 is 19.9 Å². The Kier molecular flexibility index (Phi) is 7.41. The van der Waals surface area contributed by atoms with Crippen molar-refractivity contribution in [3.05, 3.63) is 90.0 Å². The Morgan fingerprint density at radius 1 is 0.938 bits per heavy atom. The van der Waals surface area contributed by atoms with Gasteiger partial charge in [0.1, 0.15) is 5.75 Å². The van der Waals surface area contributed by atoms with Crippen LogP contribution in [0.4, 0.5) is 11.4 Å². The number of ether oxygens (including phenoxy) is 1. The summed E-state index contributed by atoms with van der Waals surface area (Å²) < 4.78 is 5.79. The second-order valence-corrected chi connectivity index (χ2v) is 8.18. The predicted molar refractivity (Wildman–Crippen MR) is 130 cm³/mol. The smallest absolute Gasteiger partial charge is 0.279 e. The number of anilines is 2. The molecule has 0 atom stereocenters. The number of piperazine rings is 1. The number of carbonyl (C=O) groups excluding carboxylic acids is 1. The van der Waals surface area contributed by atoms with E-state index in [0.717, 1.165) is 55.3 Å². The lowest BCUT2D eigenvalue weighted by Crippen LogP contribution is -3.15. The third kappa shape index (κ3) is 5.68. The number of hydrogen-bond acceptors (Lipinski definition) is 3. The van der Waals surface area contributed by atoms with Crippen LogP contribution in [0.5, 0.6) is 5.75 Å². The molecular weight excluding hydrogens is 398 g/mol. The summed E-state index contributed by atoms with van der Waals surface area (Å²) in [6.45, 7) is 6.85. The highest BCUT2D eigenvalue weighted by molar-refractivity contribution is 5.92. The number of hydrogen-bond donors (Lipinski definition) is 2. The lowest BCUT2D eigenvalue weighted by Gasteiger charge is -2.34. The minimum atomic E-state index is 0.0729. The fourth-order valence-electron chi connectivity index (χ4n) is 4.27. The fraction of sp³-hybridized carbons (Fsp3) is 0.296. The number of rotatable bonds is 8. The number of benzene rings is 3. The van der Waals surface area contributed by atoms with Crippen LogP contribution in [0.15, 0.2) is 78.9 Å². The summed E-state index contributed by atoms with van der Waals surface area (Å²) in [5.41, 5.74) is 4.43. The molecule has 32 heavy (non-hydrogen) atoms. The van der Waals surface area contributed by atoms with Crippen molar-refractivity contribution in [3.63, 3.8) is 0 Å². The summed E-state index contributed by atoms with van der Waals surface area (Å²) in [5, 5.41) is 3.15. The number of nitrogens with one attached hydrogen (secondary N) is 2. The Morgan fingerprint density at radius 2 is 1.62 bits per heavy atom. The van der Waals surface area contributed by atoms with Gasteiger partial charge in [-0.25, -0.2) is 0 Å². The number of amides is 1. The molecule has 0 spiro atoms. The maximum Gasteiger partial charge on any atom is 0.279 e. The first-order valence-corrected chi connectivity index (χ1v) is 11.4. The van der Waals surface area contributed by atoms with Gasteiger partial charge in [-0.05, 0) is 42.7 Å². The zero-order chi connectivity index (χ0) is 22.2. The third-order valence-corrected chi connectivity index (χ3v) is 5.92. The van der Waals surface area contributed by atoms with Crippen LogP contribution in [0.2, 0.25) is 0 Å². The predicted octanol–water partition coefficient (Wildman–Crippen LogP) is 3.02. The lowest BCUT2D eigenvalue weighted by atomic mass is 10.0. The van der Waals surface area contributed by atoms with E-state index < -0.39 is 0 Å². The molecule has 3 aromatic rings. The second-order valence-electron chi connectivity index (χ2n) is 8.18. The topological polar surface area (TPSA) is 46.0 Å². The average molecular weight is 431 g/mol. The van der Waals surface area contributed by atoms with E-state index in [4.69, 9.17) is 4.74 Å². The lowest BCUT2D eigenvalue weighted by molar-refractivity contribution is -0.892. The van der Waals surface area contributed by atoms with E-state index in [-0.39, 0.29) is 5.91 Å². The normalized spacial score (nSPS) is 14.2. The summed E-state index contributed by atoms with van der Waals surface area (Å²) in [6, 6.07) is 26.6. The molecule has 1 amide bonds. The van der Waals surface area contributed by atoms with Gasteiger partial charge in [0, 0.05) is 5.69 Å². The standard InChI is InChI=1S/C27H31N3O2/c1-2-32-26-15-9-8-14-25(26)30-18-16-29(17-19-30)21-27(31)28-24-13-7-6-12-23(24)20-22-10-4-3-5-11-22/h3-15H,2,16-21H2,1H3,(H,28,31)/p+1. The summed E-state index contributed by atoms with van der Waals surface area (Å²) in [6.07, 6.45) is 0.808. The molecule has 4 rings (SSSR count). The first-order chi connectivity index (χ1) is 15.7. The summed E-state index contributed by atoms with van der Waals surface area (Å²) >= 11 is 0. The van der Waals surface area contributed by atoms with Gasteiger partial charge in [-0.15, -0.1) is 0 Å². The molecule has 0 radical (unpaired) electrons. The molecule has 3 aromatic carbocycles. The van der Waals surface area contributed by atoms with E-state index >= 15 is 0 Å². The molecule has 166 valence electrons. The number of para-hydroxylation sites is 3. The zero-order valence-corrected chi connectivity index (χ0v) is 18.7. The minimum Gasteiger partial charge on any atom is -0.492 e. The van der Waals surface area contributed by atoms with Crippen molar-refractivity contribution < 1.29 is 14.4 Å². The molecule has 0 aliphatic carbocycles. The van der Waals surface area contributed by atoms with Crippen LogP contribution in [-0.4, -0.2) is 45.2 Å². The van der Waals surface area contributed by atoms with Gasteiger partial charge in [0.15, 0.2) is 6.54 Å². The van der Waals surface area contributed by atoms with Crippen LogP contribution in [0.25, 0.3) is 0 Å². The SMILES string of the molecule is CCOc1ccccc1N1CC[NH+](CC(=O)Nc2ccccc2Cc2ccccc2)CC1. The maximum absolute atomic E-state index is 12.8. The number of nitrogens with zero attached hydrogens (tertiary/aromatic N) is 1. The highest BCUT2D eigenvalue weighted by Crippen LogP contribution is 2.27. The van der Waals surface area contributed by atoms with Gasteiger partial charge in [-0.3, -0.25) is 4.79 Å². The van der Waals surface area contributed by atoms with Crippen LogP contribution in [0.3, 0.4) is 0 Å². The Bertz CT molecular complexity index is 1010. The van der Waals surface area contributed by atoms with E-state index in [1.807, 2.05) is 55.5 Å². The van der Waals surface area contributed by atoms with E-state index in [1.165, 1.54) is 10.5 Å². The summed E-state index contributed by atoms with van der Waals surface area (Å²) in [5.74, 6) is 1.01. The van der Waals surface area contributed by atoms with Crippen molar-refractivity contribution in [2.24, 2.45) is 0 Å². The van der Waals surface area contributed by atoms with Crippen molar-refractivity contribution in [1.29, 1.82) is 0 Å². The molecule has 0 aromatic heterocycles. The molecule has 2 N–H and O–H groups in total. The summed E-state index contributed by atoms with van der Waals surface area (Å²) in [4.78, 5) is 16.5. The van der Waals surface area contributed by atoms with Gasteiger partial charge >= 0.3 is 0 Å². The minimum absolute atomic E-state index is 0.0729. The molecule has 0 saturated carbocycles. The van der Waals surface area contributed by atoms with Gasteiger partial charge in [0.25, 0.3) is 5.91 Å². The van der Waals surface area contributed by atoms with E-state index in [0.29, 0.717) is 13.2 Å². The summed E-state index contributed by atoms with van der Waals surface area (Å²) in [7, 11) is 0. The van der Waals surface area contributed by atoms with Crippen LogP contribution >= 0.6 is 0 Å². The highest BCUT2D eigenvalue weighted by atomic mass is 16.5. The van der Waals surface area contributed by atoms with E-state index in [2.05, 4.69) is 40.5 Å². The Hall–Kier alpha value is -3.31. The Morgan fingerprint density at radius 3 is 2.41 bits per heavy atom. The van der Waals surface area contributed by atoms with Gasteiger partial charge < -0.3 is 19.9 Å². The van der Waals surface area contributed by atoms with Crippen molar-refractivity contribution in [2.75, 3.05) is 49.5 Å².